The summed E-state index contributed by atoms with van der Waals surface area (Å²) in [6.07, 6.45) is 1.83. The fraction of sp³-hybridized carbons (Fsp3) is 0.400. The molecule has 9 heteroatoms. The maximum absolute atomic E-state index is 15.2. The molecule has 1 aliphatic carbocycles. The van der Waals surface area contributed by atoms with E-state index in [0.717, 1.165) is 37.3 Å². The minimum Gasteiger partial charge on any atom is -0.505 e. The lowest BCUT2D eigenvalue weighted by atomic mass is 10.1. The summed E-state index contributed by atoms with van der Waals surface area (Å²) in [6.45, 7) is 2.74. The molecule has 3 heterocycles. The molecule has 150 valence electrons. The summed E-state index contributed by atoms with van der Waals surface area (Å²) in [5, 5.41) is 23.3. The second-order valence-electron chi connectivity index (χ2n) is 7.38. The number of nitriles is 1. The third kappa shape index (κ3) is 2.59. The minimum absolute atomic E-state index is 0.0855. The van der Waals surface area contributed by atoms with Gasteiger partial charge in [0.2, 0.25) is 5.43 Å². The Hall–Kier alpha value is -2.83. The molecule has 1 saturated carbocycles. The molecule has 7 nitrogen and oxygen atoms in total. The molecule has 0 amide bonds. The Morgan fingerprint density at radius 3 is 2.72 bits per heavy atom. The predicted octanol–water partition coefficient (Wildman–Crippen LogP) is 2.69. The van der Waals surface area contributed by atoms with E-state index >= 15 is 4.39 Å². The molecular weight excluding hydrogens is 395 g/mol. The van der Waals surface area contributed by atoms with Crippen LogP contribution in [0.4, 0.5) is 10.1 Å². The minimum atomic E-state index is -0.523. The second kappa shape index (κ2) is 6.61. The zero-order chi connectivity index (χ0) is 20.3. The zero-order valence-electron chi connectivity index (χ0n) is 15.8. The van der Waals surface area contributed by atoms with Crippen molar-refractivity contribution in [3.05, 3.63) is 27.0 Å². The number of halogens is 1. The molecule has 0 bridgehead atoms. The highest BCUT2D eigenvalue weighted by molar-refractivity contribution is 7.19. The lowest BCUT2D eigenvalue weighted by Crippen LogP contribution is -2.44. The van der Waals surface area contributed by atoms with Crippen molar-refractivity contribution < 1.29 is 14.2 Å². The second-order valence-corrected chi connectivity index (χ2v) is 8.37. The van der Waals surface area contributed by atoms with Gasteiger partial charge < -0.3 is 24.6 Å². The van der Waals surface area contributed by atoms with Gasteiger partial charge in [0.25, 0.3) is 0 Å². The molecule has 2 aromatic heterocycles. The van der Waals surface area contributed by atoms with Crippen LogP contribution in [0.15, 0.2) is 10.9 Å². The smallest absolute Gasteiger partial charge is 0.202 e. The number of hydrogen-bond donors (Lipinski definition) is 2. The molecule has 0 spiro atoms. The van der Waals surface area contributed by atoms with Crippen LogP contribution in [-0.2, 0) is 0 Å². The first kappa shape index (κ1) is 18.2. The number of thiophene rings is 1. The van der Waals surface area contributed by atoms with Gasteiger partial charge in [0.05, 0.1) is 18.0 Å². The molecule has 2 N–H and O–H groups in total. The van der Waals surface area contributed by atoms with Crippen molar-refractivity contribution in [2.24, 2.45) is 0 Å². The number of benzene rings is 1. The van der Waals surface area contributed by atoms with Crippen LogP contribution in [0.3, 0.4) is 0 Å². The predicted molar refractivity (Wildman–Crippen MR) is 110 cm³/mol. The van der Waals surface area contributed by atoms with E-state index in [1.807, 2.05) is 15.5 Å². The van der Waals surface area contributed by atoms with Crippen molar-refractivity contribution in [3.63, 3.8) is 0 Å². The van der Waals surface area contributed by atoms with Crippen LogP contribution < -0.4 is 20.4 Å². The molecule has 2 aliphatic rings. The highest BCUT2D eigenvalue weighted by Crippen LogP contribution is 2.48. The van der Waals surface area contributed by atoms with Gasteiger partial charge in [0, 0.05) is 32.2 Å². The number of piperazine rings is 1. The van der Waals surface area contributed by atoms with Crippen molar-refractivity contribution in [2.45, 2.75) is 18.9 Å². The molecule has 0 radical (unpaired) electrons. The zero-order valence-corrected chi connectivity index (χ0v) is 16.6. The van der Waals surface area contributed by atoms with E-state index in [-0.39, 0.29) is 27.4 Å². The first-order valence-corrected chi connectivity index (χ1v) is 10.3. The number of fused-ring (bicyclic) bond motifs is 2. The Bertz CT molecular complexity index is 1250. The largest absolute Gasteiger partial charge is 0.505 e. The Kier molecular flexibility index (Phi) is 4.15. The summed E-state index contributed by atoms with van der Waals surface area (Å²) < 4.78 is 22.9. The van der Waals surface area contributed by atoms with Gasteiger partial charge in [-0.2, -0.15) is 5.26 Å². The summed E-state index contributed by atoms with van der Waals surface area (Å²) in [6, 6.07) is 3.33. The van der Waals surface area contributed by atoms with Crippen molar-refractivity contribution >= 4 is 38.1 Å². The number of aromatic nitrogens is 1. The normalized spacial score (nSPS) is 17.1. The summed E-state index contributed by atoms with van der Waals surface area (Å²) in [4.78, 5) is 15.8. The van der Waals surface area contributed by atoms with Gasteiger partial charge in [-0.25, -0.2) is 4.39 Å². The van der Waals surface area contributed by atoms with E-state index in [2.05, 4.69) is 5.32 Å². The molecule has 3 aromatic rings. The van der Waals surface area contributed by atoms with Crippen LogP contribution in [0.25, 0.3) is 21.1 Å². The number of rotatable bonds is 3. The molecule has 0 atom stereocenters. The van der Waals surface area contributed by atoms with E-state index in [4.69, 9.17) is 4.74 Å². The molecule has 1 saturated heterocycles. The van der Waals surface area contributed by atoms with Gasteiger partial charge in [-0.05, 0) is 18.9 Å². The summed E-state index contributed by atoms with van der Waals surface area (Å²) in [5.74, 6) is -0.510. The Balaban J connectivity index is 1.95. The average Bonchev–Trinajstić information content (AvgIpc) is 3.51. The molecule has 1 aromatic carbocycles. The Morgan fingerprint density at radius 1 is 1.38 bits per heavy atom. The van der Waals surface area contributed by atoms with Crippen LogP contribution in [0, 0.1) is 17.1 Å². The van der Waals surface area contributed by atoms with Gasteiger partial charge >= 0.3 is 0 Å². The maximum atomic E-state index is 15.2. The highest BCUT2D eigenvalue weighted by Gasteiger charge is 2.33. The van der Waals surface area contributed by atoms with Gasteiger partial charge in [-0.1, -0.05) is 0 Å². The van der Waals surface area contributed by atoms with Crippen LogP contribution in [0.2, 0.25) is 0 Å². The van der Waals surface area contributed by atoms with Crippen LogP contribution in [-0.4, -0.2) is 43.0 Å². The van der Waals surface area contributed by atoms with Gasteiger partial charge in [-0.3, -0.25) is 4.79 Å². The number of nitrogens with one attached hydrogen (secondary N) is 1. The van der Waals surface area contributed by atoms with Crippen molar-refractivity contribution in [1.29, 1.82) is 5.26 Å². The first-order valence-electron chi connectivity index (χ1n) is 9.52. The van der Waals surface area contributed by atoms with Crippen molar-refractivity contribution in [3.8, 4) is 17.6 Å². The van der Waals surface area contributed by atoms with Crippen molar-refractivity contribution in [2.75, 3.05) is 38.2 Å². The maximum Gasteiger partial charge on any atom is 0.202 e. The number of ether oxygens (including phenoxy) is 1. The molecule has 0 unspecified atom stereocenters. The average molecular weight is 414 g/mol. The number of nitrogens with zero attached hydrogens (tertiary/aromatic N) is 3. The fourth-order valence-electron chi connectivity index (χ4n) is 4.17. The van der Waals surface area contributed by atoms with E-state index in [0.29, 0.717) is 34.9 Å². The third-order valence-corrected chi connectivity index (χ3v) is 6.71. The molecule has 5 rings (SSSR count). The topological polar surface area (TPSA) is 90.5 Å². The van der Waals surface area contributed by atoms with Crippen LogP contribution in [0.5, 0.6) is 11.5 Å². The van der Waals surface area contributed by atoms with Gasteiger partial charge in [0.15, 0.2) is 17.3 Å². The number of methoxy groups -OCH3 is 1. The first-order chi connectivity index (χ1) is 14.1. The lowest BCUT2D eigenvalue weighted by molar-refractivity contribution is 0.411. The Morgan fingerprint density at radius 2 is 2.10 bits per heavy atom. The molecule has 2 fully saturated rings. The number of hydrogen-bond acceptors (Lipinski definition) is 7. The SMILES string of the molecule is COc1c(N2CCNCC2)c(F)cc2c(=O)c3c(O)c(C#N)sc3n(C3CC3)c12. The number of pyridine rings is 1. The van der Waals surface area contributed by atoms with E-state index in [1.165, 1.54) is 13.2 Å². The molecular formula is C20H19FN4O3S. The standard InChI is InChI=1S/C20H19FN4O3S/c1-28-19-15-11(8-12(21)16(19)24-6-4-23-5-7-24)17(26)14-18(27)13(9-22)29-20(14)25(15)10-2-3-10/h8,10,23,27H,2-7H2,1H3. The van der Waals surface area contributed by atoms with Crippen molar-refractivity contribution in [1.82, 2.24) is 9.88 Å². The quantitative estimate of drug-likeness (QED) is 0.685. The van der Waals surface area contributed by atoms with E-state index < -0.39 is 11.2 Å². The summed E-state index contributed by atoms with van der Waals surface area (Å²) in [7, 11) is 1.48. The van der Waals surface area contributed by atoms with Crippen LogP contribution >= 0.6 is 11.3 Å². The number of aromatic hydroxyl groups is 1. The molecule has 29 heavy (non-hydrogen) atoms. The Labute approximate surface area is 169 Å². The fourth-order valence-corrected chi connectivity index (χ4v) is 5.24. The van der Waals surface area contributed by atoms with E-state index in [1.54, 1.807) is 0 Å². The van der Waals surface area contributed by atoms with Crippen LogP contribution in [0.1, 0.15) is 23.8 Å². The summed E-state index contributed by atoms with van der Waals surface area (Å²) >= 11 is 1.09. The molecule has 1 aliphatic heterocycles. The van der Waals surface area contributed by atoms with E-state index in [9.17, 15) is 15.2 Å². The van der Waals surface area contributed by atoms with Gasteiger partial charge in [-0.15, -0.1) is 11.3 Å². The monoisotopic (exact) mass is 414 g/mol. The van der Waals surface area contributed by atoms with Gasteiger partial charge in [0.1, 0.15) is 26.9 Å². The lowest BCUT2D eigenvalue weighted by Gasteiger charge is -2.31. The highest BCUT2D eigenvalue weighted by atomic mass is 32.1. The number of anilines is 1. The third-order valence-electron chi connectivity index (χ3n) is 5.63. The summed E-state index contributed by atoms with van der Waals surface area (Å²) in [5.41, 5.74) is 0.412.